The van der Waals surface area contributed by atoms with Crippen molar-refractivity contribution in [3.8, 4) is 16.9 Å². The van der Waals surface area contributed by atoms with Crippen LogP contribution in [-0.2, 0) is 14.3 Å². The van der Waals surface area contributed by atoms with Crippen LogP contribution in [0, 0.1) is 0 Å². The molecule has 0 fully saturated rings. The number of hydrogen-bond donors (Lipinski definition) is 1. The molecule has 0 saturated heterocycles. The Morgan fingerprint density at radius 2 is 1.61 bits per heavy atom. The van der Waals surface area contributed by atoms with E-state index in [2.05, 4.69) is 5.32 Å². The number of rotatable bonds is 7. The minimum atomic E-state index is -0.635. The molecule has 142 valence electrons. The maximum absolute atomic E-state index is 11.9. The van der Waals surface area contributed by atoms with Crippen LogP contribution in [0.5, 0.6) is 5.75 Å². The van der Waals surface area contributed by atoms with E-state index in [0.717, 1.165) is 11.1 Å². The number of anilines is 1. The second-order valence-corrected chi connectivity index (χ2v) is 6.31. The molecule has 3 aromatic rings. The molecule has 0 aromatic heterocycles. The van der Waals surface area contributed by atoms with Crippen LogP contribution >= 0.6 is 11.6 Å². The molecule has 0 radical (unpaired) electrons. The summed E-state index contributed by atoms with van der Waals surface area (Å²) in [5, 5.41) is 3.10. The zero-order valence-corrected chi connectivity index (χ0v) is 15.7. The van der Waals surface area contributed by atoms with E-state index in [1.165, 1.54) is 0 Å². The van der Waals surface area contributed by atoms with Gasteiger partial charge in [0.05, 0.1) is 0 Å². The highest BCUT2D eigenvalue weighted by Gasteiger charge is 2.11. The largest absolute Gasteiger partial charge is 0.481 e. The van der Waals surface area contributed by atoms with Gasteiger partial charge in [0, 0.05) is 16.3 Å². The lowest BCUT2D eigenvalue weighted by molar-refractivity contribution is -0.149. The van der Waals surface area contributed by atoms with Gasteiger partial charge in [-0.05, 0) is 29.8 Å². The Bertz CT molecular complexity index is 960. The predicted molar refractivity (Wildman–Crippen MR) is 108 cm³/mol. The summed E-state index contributed by atoms with van der Waals surface area (Å²) in [6.45, 7) is -0.705. The molecule has 0 aliphatic heterocycles. The molecule has 0 spiro atoms. The number of para-hydroxylation sites is 1. The summed E-state index contributed by atoms with van der Waals surface area (Å²) in [5.74, 6) is -0.529. The van der Waals surface area contributed by atoms with Crippen LogP contribution in [0.1, 0.15) is 0 Å². The first-order chi connectivity index (χ1) is 13.6. The number of nitrogens with one attached hydrogen (secondary N) is 1. The van der Waals surface area contributed by atoms with E-state index in [-0.39, 0.29) is 6.61 Å². The number of halogens is 1. The third kappa shape index (κ3) is 5.59. The molecule has 28 heavy (non-hydrogen) atoms. The maximum atomic E-state index is 11.9. The Morgan fingerprint density at radius 3 is 2.39 bits per heavy atom. The highest BCUT2D eigenvalue weighted by atomic mass is 35.5. The SMILES string of the molecule is O=C(COC(=O)COc1ccccc1-c1ccccc1)Nc1cccc(Cl)c1. The van der Waals surface area contributed by atoms with Crippen molar-refractivity contribution < 1.29 is 19.1 Å². The zero-order chi connectivity index (χ0) is 19.8. The molecule has 0 atom stereocenters. The van der Waals surface area contributed by atoms with E-state index in [4.69, 9.17) is 21.1 Å². The number of carbonyl (C=O) groups is 2. The van der Waals surface area contributed by atoms with Crippen molar-refractivity contribution >= 4 is 29.2 Å². The van der Waals surface area contributed by atoms with Gasteiger partial charge in [0.15, 0.2) is 13.2 Å². The fourth-order valence-corrected chi connectivity index (χ4v) is 2.73. The maximum Gasteiger partial charge on any atom is 0.344 e. The minimum absolute atomic E-state index is 0.297. The molecule has 0 saturated carbocycles. The summed E-state index contributed by atoms with van der Waals surface area (Å²) in [7, 11) is 0. The first kappa shape index (κ1) is 19.5. The van der Waals surface area contributed by atoms with Gasteiger partial charge in [-0.3, -0.25) is 4.79 Å². The standard InChI is InChI=1S/C22H18ClNO4/c23-17-9-6-10-18(13-17)24-21(25)14-28-22(26)15-27-20-12-5-4-11-19(20)16-7-2-1-3-8-16/h1-13H,14-15H2,(H,24,25). The quantitative estimate of drug-likeness (QED) is 0.595. The van der Waals surface area contributed by atoms with E-state index in [0.29, 0.717) is 16.5 Å². The summed E-state index contributed by atoms with van der Waals surface area (Å²) < 4.78 is 10.6. The van der Waals surface area contributed by atoms with Crippen molar-refractivity contribution in [2.75, 3.05) is 18.5 Å². The molecule has 3 aromatic carbocycles. The Morgan fingerprint density at radius 1 is 0.857 bits per heavy atom. The van der Waals surface area contributed by atoms with Gasteiger partial charge >= 0.3 is 5.97 Å². The predicted octanol–water partition coefficient (Wildman–Crippen LogP) is 4.57. The van der Waals surface area contributed by atoms with Crippen molar-refractivity contribution in [3.05, 3.63) is 83.9 Å². The van der Waals surface area contributed by atoms with Crippen LogP contribution in [0.3, 0.4) is 0 Å². The van der Waals surface area contributed by atoms with Crippen molar-refractivity contribution in [3.63, 3.8) is 0 Å². The van der Waals surface area contributed by atoms with Gasteiger partial charge in [-0.25, -0.2) is 4.79 Å². The fourth-order valence-electron chi connectivity index (χ4n) is 2.54. The van der Waals surface area contributed by atoms with E-state index >= 15 is 0 Å². The summed E-state index contributed by atoms with van der Waals surface area (Å²) in [6, 6.07) is 23.8. The fraction of sp³-hybridized carbons (Fsp3) is 0.0909. The molecule has 3 rings (SSSR count). The molecule has 1 amide bonds. The van der Waals surface area contributed by atoms with Crippen molar-refractivity contribution in [1.29, 1.82) is 0 Å². The molecule has 1 N–H and O–H groups in total. The van der Waals surface area contributed by atoms with E-state index in [1.54, 1.807) is 30.3 Å². The van der Waals surface area contributed by atoms with E-state index in [1.807, 2.05) is 48.5 Å². The summed E-state index contributed by atoms with van der Waals surface area (Å²) >= 11 is 5.86. The lowest BCUT2D eigenvalue weighted by Gasteiger charge is -2.11. The van der Waals surface area contributed by atoms with E-state index in [9.17, 15) is 9.59 Å². The smallest absolute Gasteiger partial charge is 0.344 e. The normalized spacial score (nSPS) is 10.2. The molecule has 0 unspecified atom stereocenters. The molecular formula is C22H18ClNO4. The van der Waals surface area contributed by atoms with Gasteiger partial charge in [-0.2, -0.15) is 0 Å². The van der Waals surface area contributed by atoms with E-state index < -0.39 is 18.5 Å². The second kappa shape index (κ2) is 9.58. The molecule has 0 bridgehead atoms. The molecule has 0 aliphatic carbocycles. The van der Waals surface area contributed by atoms with Crippen LogP contribution in [-0.4, -0.2) is 25.1 Å². The highest BCUT2D eigenvalue weighted by Crippen LogP contribution is 2.29. The number of ether oxygens (including phenoxy) is 2. The Labute approximate surface area is 167 Å². The Balaban J connectivity index is 1.50. The van der Waals surface area contributed by atoms with Crippen LogP contribution in [0.4, 0.5) is 5.69 Å². The van der Waals surface area contributed by atoms with Crippen LogP contribution in [0.2, 0.25) is 5.02 Å². The first-order valence-corrected chi connectivity index (χ1v) is 8.98. The third-order valence-electron chi connectivity index (χ3n) is 3.79. The lowest BCUT2D eigenvalue weighted by Crippen LogP contribution is -2.23. The molecule has 6 heteroatoms. The van der Waals surface area contributed by atoms with Crippen molar-refractivity contribution in [2.45, 2.75) is 0 Å². The van der Waals surface area contributed by atoms with Gasteiger partial charge in [-0.1, -0.05) is 66.2 Å². The zero-order valence-electron chi connectivity index (χ0n) is 14.9. The number of benzene rings is 3. The number of esters is 1. The van der Waals surface area contributed by atoms with Crippen LogP contribution in [0.15, 0.2) is 78.9 Å². The molecule has 0 heterocycles. The molecular weight excluding hydrogens is 378 g/mol. The number of amides is 1. The Hall–Kier alpha value is -3.31. The second-order valence-electron chi connectivity index (χ2n) is 5.87. The lowest BCUT2D eigenvalue weighted by atomic mass is 10.1. The minimum Gasteiger partial charge on any atom is -0.481 e. The summed E-state index contributed by atoms with van der Waals surface area (Å²) in [5.41, 5.74) is 2.38. The summed E-state index contributed by atoms with van der Waals surface area (Å²) in [4.78, 5) is 23.8. The average Bonchev–Trinajstić information content (AvgIpc) is 2.71. The van der Waals surface area contributed by atoms with Crippen molar-refractivity contribution in [1.82, 2.24) is 0 Å². The Kier molecular flexibility index (Phi) is 6.65. The van der Waals surface area contributed by atoms with Gasteiger partial charge in [0.2, 0.25) is 0 Å². The number of hydrogen-bond acceptors (Lipinski definition) is 4. The van der Waals surface area contributed by atoms with Crippen LogP contribution < -0.4 is 10.1 Å². The topological polar surface area (TPSA) is 64.6 Å². The highest BCUT2D eigenvalue weighted by molar-refractivity contribution is 6.30. The van der Waals surface area contributed by atoms with Crippen molar-refractivity contribution in [2.24, 2.45) is 0 Å². The monoisotopic (exact) mass is 395 g/mol. The number of carbonyl (C=O) groups excluding carboxylic acids is 2. The van der Waals surface area contributed by atoms with Gasteiger partial charge in [-0.15, -0.1) is 0 Å². The van der Waals surface area contributed by atoms with Gasteiger partial charge in [0.25, 0.3) is 5.91 Å². The first-order valence-electron chi connectivity index (χ1n) is 8.60. The van der Waals surface area contributed by atoms with Gasteiger partial charge < -0.3 is 14.8 Å². The molecule has 0 aliphatic rings. The molecule has 5 nitrogen and oxygen atoms in total. The van der Waals surface area contributed by atoms with Crippen LogP contribution in [0.25, 0.3) is 11.1 Å². The third-order valence-corrected chi connectivity index (χ3v) is 4.03. The summed E-state index contributed by atoms with van der Waals surface area (Å²) in [6.07, 6.45) is 0. The van der Waals surface area contributed by atoms with Gasteiger partial charge in [0.1, 0.15) is 5.75 Å². The average molecular weight is 396 g/mol.